The van der Waals surface area contributed by atoms with Crippen LogP contribution in [0.1, 0.15) is 36.0 Å². The molecule has 0 aromatic carbocycles. The third-order valence-electron chi connectivity index (χ3n) is 4.90. The average Bonchev–Trinajstić information content (AvgIpc) is 3.14. The molecule has 0 aliphatic heterocycles. The van der Waals surface area contributed by atoms with Gasteiger partial charge in [0.2, 0.25) is 5.82 Å². The number of carbonyl (C=O) groups excluding carboxylic acids is 1. The van der Waals surface area contributed by atoms with Crippen molar-refractivity contribution in [1.82, 2.24) is 4.98 Å². The lowest BCUT2D eigenvalue weighted by Gasteiger charge is -2.22. The van der Waals surface area contributed by atoms with Crippen molar-refractivity contribution in [3.05, 3.63) is 27.9 Å². The molecule has 2 aliphatic rings. The maximum absolute atomic E-state index is 11.4. The number of nitro groups is 1. The molecular weight excluding hydrogens is 286 g/mol. The van der Waals surface area contributed by atoms with Crippen molar-refractivity contribution in [2.24, 2.45) is 17.8 Å². The van der Waals surface area contributed by atoms with Crippen LogP contribution in [0, 0.1) is 27.9 Å². The number of nitrogens with one attached hydrogen (secondary N) is 1. The van der Waals surface area contributed by atoms with Crippen LogP contribution in [0.4, 0.5) is 11.5 Å². The molecule has 1 N–H and O–H groups in total. The molecule has 3 rings (SSSR count). The van der Waals surface area contributed by atoms with E-state index in [1.807, 2.05) is 0 Å². The first kappa shape index (κ1) is 14.7. The summed E-state index contributed by atoms with van der Waals surface area (Å²) in [6, 6.07) is 1.21. The lowest BCUT2D eigenvalue weighted by atomic mass is 9.89. The fourth-order valence-electron chi connectivity index (χ4n) is 3.81. The van der Waals surface area contributed by atoms with E-state index in [9.17, 15) is 14.9 Å². The van der Waals surface area contributed by atoms with Crippen molar-refractivity contribution in [2.45, 2.75) is 25.7 Å². The van der Waals surface area contributed by atoms with Gasteiger partial charge in [-0.2, -0.15) is 0 Å². The lowest BCUT2D eigenvalue weighted by molar-refractivity contribution is -0.384. The summed E-state index contributed by atoms with van der Waals surface area (Å²) in [6.45, 7) is 0.701. The van der Waals surface area contributed by atoms with Gasteiger partial charge in [-0.1, -0.05) is 6.42 Å². The zero-order valence-electron chi connectivity index (χ0n) is 12.4. The Morgan fingerprint density at radius 2 is 2.32 bits per heavy atom. The van der Waals surface area contributed by atoms with E-state index in [4.69, 9.17) is 0 Å². The Morgan fingerprint density at radius 1 is 1.50 bits per heavy atom. The van der Waals surface area contributed by atoms with Gasteiger partial charge in [0, 0.05) is 18.8 Å². The van der Waals surface area contributed by atoms with Crippen LogP contribution in [-0.2, 0) is 4.74 Å². The van der Waals surface area contributed by atoms with Crippen molar-refractivity contribution in [2.75, 3.05) is 19.0 Å². The van der Waals surface area contributed by atoms with Crippen LogP contribution >= 0.6 is 0 Å². The molecule has 22 heavy (non-hydrogen) atoms. The summed E-state index contributed by atoms with van der Waals surface area (Å²) in [7, 11) is 1.23. The highest BCUT2D eigenvalue weighted by molar-refractivity contribution is 5.90. The number of methoxy groups -OCH3 is 1. The highest BCUT2D eigenvalue weighted by atomic mass is 16.6. The van der Waals surface area contributed by atoms with Gasteiger partial charge < -0.3 is 10.1 Å². The number of pyridine rings is 1. The number of aromatic nitrogens is 1. The number of fused-ring (bicyclic) bond motifs is 2. The van der Waals surface area contributed by atoms with Gasteiger partial charge in [-0.25, -0.2) is 9.78 Å². The summed E-state index contributed by atoms with van der Waals surface area (Å²) in [5, 5.41) is 14.3. The minimum Gasteiger partial charge on any atom is -0.465 e. The van der Waals surface area contributed by atoms with E-state index >= 15 is 0 Å². The second-order valence-corrected chi connectivity index (χ2v) is 6.16. The topological polar surface area (TPSA) is 94.4 Å². The van der Waals surface area contributed by atoms with Crippen LogP contribution in [0.25, 0.3) is 0 Å². The number of nitrogens with zero attached hydrogens (tertiary/aromatic N) is 2. The number of hydrogen-bond donors (Lipinski definition) is 1. The second kappa shape index (κ2) is 5.90. The van der Waals surface area contributed by atoms with Gasteiger partial charge in [0.15, 0.2) is 0 Å². The highest BCUT2D eigenvalue weighted by Crippen LogP contribution is 2.48. The highest BCUT2D eigenvalue weighted by Gasteiger charge is 2.39. The number of ether oxygens (including phenoxy) is 1. The molecule has 7 nitrogen and oxygen atoms in total. The number of hydrogen-bond acceptors (Lipinski definition) is 6. The normalized spacial score (nSPS) is 26.0. The molecule has 0 spiro atoms. The van der Waals surface area contributed by atoms with E-state index in [-0.39, 0.29) is 17.1 Å². The molecule has 0 radical (unpaired) electrons. The number of anilines is 1. The number of rotatable bonds is 5. The third kappa shape index (κ3) is 2.75. The second-order valence-electron chi connectivity index (χ2n) is 6.16. The van der Waals surface area contributed by atoms with Gasteiger partial charge in [-0.3, -0.25) is 10.1 Å². The van der Waals surface area contributed by atoms with E-state index in [1.165, 1.54) is 45.1 Å². The fourth-order valence-corrected chi connectivity index (χ4v) is 3.81. The van der Waals surface area contributed by atoms with Crippen LogP contribution in [0.15, 0.2) is 12.3 Å². The fraction of sp³-hybridized carbons (Fsp3) is 0.600. The maximum atomic E-state index is 11.4. The van der Waals surface area contributed by atoms with Crippen molar-refractivity contribution in [1.29, 1.82) is 0 Å². The minimum absolute atomic E-state index is 0.0830. The summed E-state index contributed by atoms with van der Waals surface area (Å²) in [5.74, 6) is 1.74. The Hall–Kier alpha value is -2.18. The van der Waals surface area contributed by atoms with Crippen LogP contribution in [0.5, 0.6) is 0 Å². The summed E-state index contributed by atoms with van der Waals surface area (Å²) < 4.78 is 4.56. The number of esters is 1. The Labute approximate surface area is 128 Å². The zero-order valence-corrected chi connectivity index (χ0v) is 12.4. The predicted molar refractivity (Wildman–Crippen MR) is 79.7 cm³/mol. The summed E-state index contributed by atoms with van der Waals surface area (Å²) in [4.78, 5) is 26.1. The quantitative estimate of drug-likeness (QED) is 0.510. The van der Waals surface area contributed by atoms with Gasteiger partial charge in [-0.05, 0) is 37.0 Å². The van der Waals surface area contributed by atoms with Gasteiger partial charge in [0.25, 0.3) is 0 Å². The first-order valence-electron chi connectivity index (χ1n) is 7.55. The summed E-state index contributed by atoms with van der Waals surface area (Å²) in [5.41, 5.74) is -0.106. The average molecular weight is 305 g/mol. The maximum Gasteiger partial charge on any atom is 0.339 e. The van der Waals surface area contributed by atoms with E-state index in [1.54, 1.807) is 0 Å². The van der Waals surface area contributed by atoms with Gasteiger partial charge >= 0.3 is 11.7 Å². The summed E-state index contributed by atoms with van der Waals surface area (Å²) >= 11 is 0. The molecule has 3 unspecified atom stereocenters. The Morgan fingerprint density at radius 3 is 2.91 bits per heavy atom. The third-order valence-corrected chi connectivity index (χ3v) is 4.90. The SMILES string of the molecule is COC(=O)c1cnc(NCC2CC3CCC2C3)c([N+](=O)[O-])c1. The molecular formula is C15H19N3O4. The smallest absolute Gasteiger partial charge is 0.339 e. The van der Waals surface area contributed by atoms with Crippen LogP contribution in [0.3, 0.4) is 0 Å². The van der Waals surface area contributed by atoms with Crippen molar-refractivity contribution < 1.29 is 14.5 Å². The molecule has 2 saturated carbocycles. The molecule has 3 atom stereocenters. The van der Waals surface area contributed by atoms with Gasteiger partial charge in [0.05, 0.1) is 17.6 Å². The van der Waals surface area contributed by atoms with E-state index in [2.05, 4.69) is 15.0 Å². The minimum atomic E-state index is -0.629. The zero-order chi connectivity index (χ0) is 15.7. The molecule has 1 aromatic heterocycles. The molecule has 2 bridgehead atoms. The molecule has 0 amide bonds. The van der Waals surface area contributed by atoms with Crippen molar-refractivity contribution >= 4 is 17.5 Å². The monoisotopic (exact) mass is 305 g/mol. The molecule has 7 heteroatoms. The van der Waals surface area contributed by atoms with Crippen LogP contribution in [-0.4, -0.2) is 29.5 Å². The molecule has 118 valence electrons. The van der Waals surface area contributed by atoms with Crippen molar-refractivity contribution in [3.63, 3.8) is 0 Å². The van der Waals surface area contributed by atoms with E-state index in [0.29, 0.717) is 12.5 Å². The standard InChI is InChI=1S/C15H19N3O4/c1-22-15(19)12-6-13(18(20)21)14(17-8-12)16-7-11-5-9-2-3-10(11)4-9/h6,8-11H,2-5,7H2,1H3,(H,16,17). The Kier molecular flexibility index (Phi) is 3.96. The molecule has 2 aliphatic carbocycles. The van der Waals surface area contributed by atoms with Crippen LogP contribution in [0.2, 0.25) is 0 Å². The molecule has 2 fully saturated rings. The molecule has 1 heterocycles. The van der Waals surface area contributed by atoms with E-state index in [0.717, 1.165) is 11.8 Å². The molecule has 1 aromatic rings. The largest absolute Gasteiger partial charge is 0.465 e. The first-order chi connectivity index (χ1) is 10.6. The molecule has 0 saturated heterocycles. The summed E-state index contributed by atoms with van der Waals surface area (Å²) in [6.07, 6.45) is 6.40. The van der Waals surface area contributed by atoms with E-state index < -0.39 is 10.9 Å². The Balaban J connectivity index is 1.72. The van der Waals surface area contributed by atoms with Gasteiger partial charge in [-0.15, -0.1) is 0 Å². The number of carbonyl (C=O) groups is 1. The first-order valence-corrected chi connectivity index (χ1v) is 7.55. The predicted octanol–water partition coefficient (Wildman–Crippen LogP) is 2.62. The lowest BCUT2D eigenvalue weighted by Crippen LogP contribution is -2.21. The van der Waals surface area contributed by atoms with Crippen LogP contribution < -0.4 is 5.32 Å². The Bertz CT molecular complexity index is 604. The van der Waals surface area contributed by atoms with Crippen molar-refractivity contribution in [3.8, 4) is 0 Å². The van der Waals surface area contributed by atoms with Gasteiger partial charge in [0.1, 0.15) is 0 Å².